The van der Waals surface area contributed by atoms with Gasteiger partial charge in [0.1, 0.15) is 18.0 Å². The molecule has 26 heavy (non-hydrogen) atoms. The van der Waals surface area contributed by atoms with Crippen LogP contribution in [0.3, 0.4) is 0 Å². The third kappa shape index (κ3) is 3.20. The van der Waals surface area contributed by atoms with Gasteiger partial charge in [-0.1, -0.05) is 0 Å². The molecule has 0 unspecified atom stereocenters. The zero-order valence-electron chi connectivity index (χ0n) is 13.8. The quantitative estimate of drug-likeness (QED) is 0.550. The molecular weight excluding hydrogens is 350 g/mol. The van der Waals surface area contributed by atoms with Crippen LogP contribution in [-0.4, -0.2) is 63.0 Å². The minimum absolute atomic E-state index is 0.00929. The van der Waals surface area contributed by atoms with Gasteiger partial charge < -0.3 is 26.7 Å². The van der Waals surface area contributed by atoms with Crippen molar-refractivity contribution in [2.45, 2.75) is 30.8 Å². The second kappa shape index (κ2) is 6.74. The first-order chi connectivity index (χ1) is 12.2. The molecule has 1 aromatic rings. The maximum atomic E-state index is 14.5. The number of ether oxygens (including phenoxy) is 1. The van der Waals surface area contributed by atoms with Crippen LogP contribution in [0.1, 0.15) is 12.6 Å². The Balaban J connectivity index is 1.77. The first kappa shape index (κ1) is 18.4. The number of nitrogen functional groups attached to an aromatic ring is 1. The van der Waals surface area contributed by atoms with Crippen LogP contribution in [0.15, 0.2) is 28.8 Å². The van der Waals surface area contributed by atoms with Crippen LogP contribution in [0.25, 0.3) is 0 Å². The fraction of sp³-hybridized carbons (Fsp3) is 0.533. The molecule has 0 aliphatic carbocycles. The molecule has 3 heterocycles. The summed E-state index contributed by atoms with van der Waals surface area (Å²) >= 11 is 0. The first-order valence-corrected chi connectivity index (χ1v) is 8.01. The van der Waals surface area contributed by atoms with Crippen molar-refractivity contribution < 1.29 is 18.6 Å². The van der Waals surface area contributed by atoms with E-state index in [0.29, 0.717) is 28.8 Å². The number of nitrogens with zero attached hydrogens (tertiary/aromatic N) is 3. The zero-order valence-corrected chi connectivity index (χ0v) is 13.8. The van der Waals surface area contributed by atoms with Crippen LogP contribution in [0.4, 0.5) is 14.6 Å². The molecule has 9 nitrogen and oxygen atoms in total. The smallest absolute Gasteiger partial charge is 0.351 e. The molecule has 2 aliphatic rings. The van der Waals surface area contributed by atoms with Crippen LogP contribution in [-0.2, 0) is 4.74 Å². The van der Waals surface area contributed by atoms with E-state index in [1.807, 2.05) is 0 Å². The number of likely N-dealkylation sites (tertiary alicyclic amines) is 1. The Labute approximate surface area is 147 Å². The lowest BCUT2D eigenvalue weighted by atomic mass is 10.0. The van der Waals surface area contributed by atoms with E-state index < -0.39 is 30.0 Å². The Morgan fingerprint density at radius 3 is 2.88 bits per heavy atom. The number of hydrogen-bond donors (Lipinski definition) is 4. The number of hydrogen-bond acceptors (Lipinski definition) is 8. The molecule has 0 saturated carbocycles. The molecule has 0 bridgehead atoms. The molecule has 0 radical (unpaired) electrons. The normalized spacial score (nSPS) is 30.8. The summed E-state index contributed by atoms with van der Waals surface area (Å²) in [6.07, 6.45) is -2.36. The molecule has 0 amide bonds. The van der Waals surface area contributed by atoms with E-state index in [0.717, 1.165) is 6.20 Å². The molecule has 2 fully saturated rings. The number of rotatable bonds is 3. The average Bonchev–Trinajstić information content (AvgIpc) is 2.79. The van der Waals surface area contributed by atoms with E-state index in [-0.39, 0.29) is 18.9 Å². The van der Waals surface area contributed by atoms with Crippen LogP contribution in [0.2, 0.25) is 0 Å². The summed E-state index contributed by atoms with van der Waals surface area (Å²) in [6, 6.07) is 1.20. The molecule has 3 rings (SSSR count). The average molecular weight is 370 g/mol. The van der Waals surface area contributed by atoms with Gasteiger partial charge in [0.05, 0.1) is 5.71 Å². The van der Waals surface area contributed by atoms with Crippen LogP contribution >= 0.6 is 0 Å². The zero-order chi connectivity index (χ0) is 19.1. The van der Waals surface area contributed by atoms with Gasteiger partial charge >= 0.3 is 11.6 Å². The highest BCUT2D eigenvalue weighted by molar-refractivity contribution is 5.99. The highest BCUT2D eigenvalue weighted by Crippen LogP contribution is 2.42. The van der Waals surface area contributed by atoms with Gasteiger partial charge in [0.15, 0.2) is 0 Å². The minimum atomic E-state index is -3.68. The summed E-state index contributed by atoms with van der Waals surface area (Å²) < 4.78 is 34.9. The van der Waals surface area contributed by atoms with Gasteiger partial charge in [-0.05, 0) is 24.3 Å². The third-order valence-corrected chi connectivity index (χ3v) is 4.59. The Morgan fingerprint density at radius 1 is 1.54 bits per heavy atom. The first-order valence-electron chi connectivity index (χ1n) is 8.01. The van der Waals surface area contributed by atoms with Gasteiger partial charge in [-0.15, -0.1) is 0 Å². The van der Waals surface area contributed by atoms with E-state index in [2.05, 4.69) is 4.98 Å². The number of nitrogens with two attached hydrogens (primary N) is 2. The molecule has 2 saturated heterocycles. The lowest BCUT2D eigenvalue weighted by Gasteiger charge is -2.31. The number of piperidine rings is 1. The van der Waals surface area contributed by atoms with E-state index in [1.54, 1.807) is 4.90 Å². The van der Waals surface area contributed by atoms with Crippen molar-refractivity contribution in [3.63, 3.8) is 0 Å². The van der Waals surface area contributed by atoms with Crippen LogP contribution in [0, 0.1) is 5.41 Å². The predicted molar refractivity (Wildman–Crippen MR) is 88.8 cm³/mol. The number of nitrogens with one attached hydrogen (secondary N) is 1. The van der Waals surface area contributed by atoms with Crippen molar-refractivity contribution in [3.8, 4) is 0 Å². The van der Waals surface area contributed by atoms with E-state index in [1.165, 1.54) is 12.3 Å². The fourth-order valence-corrected chi connectivity index (χ4v) is 3.15. The number of aliphatic hydroxyl groups is 1. The molecule has 142 valence electrons. The molecule has 11 heteroatoms. The highest BCUT2D eigenvalue weighted by Gasteiger charge is 2.59. The van der Waals surface area contributed by atoms with E-state index in [4.69, 9.17) is 21.6 Å². The summed E-state index contributed by atoms with van der Waals surface area (Å²) in [5, 5.41) is 17.9. The Kier molecular flexibility index (Phi) is 4.78. The summed E-state index contributed by atoms with van der Waals surface area (Å²) in [4.78, 5) is 17.0. The SMILES string of the molecule is N=C1CN(C[C@H]2O[C@@H](n3ccc(N)nc3=O)C(F)(F)[C@@H]2O)CCC1=CN. The number of anilines is 1. The second-order valence-corrected chi connectivity index (χ2v) is 6.34. The number of aromatic nitrogens is 2. The Morgan fingerprint density at radius 2 is 2.27 bits per heavy atom. The molecule has 2 aliphatic heterocycles. The van der Waals surface area contributed by atoms with Crippen molar-refractivity contribution >= 4 is 11.5 Å². The van der Waals surface area contributed by atoms with Gasteiger partial charge in [-0.25, -0.2) is 4.79 Å². The summed E-state index contributed by atoms with van der Waals surface area (Å²) in [7, 11) is 0. The van der Waals surface area contributed by atoms with E-state index >= 15 is 0 Å². The summed E-state index contributed by atoms with van der Waals surface area (Å²) in [5.41, 5.74) is 10.8. The standard InChI is InChI=1S/C15H20F2N6O3/c16-15(17)12(24)10(7-22-3-1-8(5-18)9(19)6-22)26-13(15)23-4-2-11(20)21-14(23)25/h2,4-5,10,12-13,19,24H,1,3,6-7,18H2,(H2,20,21,25)/t10-,12-,13-/m1/s1. The monoisotopic (exact) mass is 370 g/mol. The topological polar surface area (TPSA) is 143 Å². The van der Waals surface area contributed by atoms with Crippen molar-refractivity contribution in [2.24, 2.45) is 5.73 Å². The molecule has 0 spiro atoms. The predicted octanol–water partition coefficient (Wildman–Crippen LogP) is -0.713. The molecule has 6 N–H and O–H groups in total. The molecule has 0 aromatic carbocycles. The maximum Gasteiger partial charge on any atom is 0.351 e. The summed E-state index contributed by atoms with van der Waals surface area (Å²) in [5.74, 6) is -3.78. The molecule has 3 atom stereocenters. The summed E-state index contributed by atoms with van der Waals surface area (Å²) in [6.45, 7) is 0.706. The Hall–Kier alpha value is -2.37. The molecule has 1 aromatic heterocycles. The maximum absolute atomic E-state index is 14.5. The number of alkyl halides is 2. The lowest BCUT2D eigenvalue weighted by molar-refractivity contribution is -0.140. The third-order valence-electron chi connectivity index (χ3n) is 4.59. The number of halogens is 2. The van der Waals surface area contributed by atoms with Gasteiger partial charge in [-0.2, -0.15) is 13.8 Å². The van der Waals surface area contributed by atoms with Crippen molar-refractivity contribution in [3.05, 3.63) is 34.5 Å². The van der Waals surface area contributed by atoms with Crippen LogP contribution < -0.4 is 17.2 Å². The van der Waals surface area contributed by atoms with Gasteiger partial charge in [0.25, 0.3) is 0 Å². The largest absolute Gasteiger partial charge is 0.404 e. The highest BCUT2D eigenvalue weighted by atomic mass is 19.3. The van der Waals surface area contributed by atoms with Crippen molar-refractivity contribution in [1.29, 1.82) is 5.41 Å². The van der Waals surface area contributed by atoms with Gasteiger partial charge in [0, 0.05) is 25.8 Å². The van der Waals surface area contributed by atoms with Crippen molar-refractivity contribution in [2.75, 3.05) is 25.4 Å². The van der Waals surface area contributed by atoms with Gasteiger partial charge in [-0.3, -0.25) is 9.47 Å². The second-order valence-electron chi connectivity index (χ2n) is 6.34. The van der Waals surface area contributed by atoms with Gasteiger partial charge in [0.2, 0.25) is 6.23 Å². The fourth-order valence-electron chi connectivity index (χ4n) is 3.15. The van der Waals surface area contributed by atoms with Crippen LogP contribution in [0.5, 0.6) is 0 Å². The number of aliphatic hydroxyl groups excluding tert-OH is 1. The van der Waals surface area contributed by atoms with Crippen molar-refractivity contribution in [1.82, 2.24) is 14.5 Å². The van der Waals surface area contributed by atoms with E-state index in [9.17, 15) is 18.7 Å². The minimum Gasteiger partial charge on any atom is -0.404 e. The molecular formula is C15H20F2N6O3. The Bertz CT molecular complexity index is 796. The lowest BCUT2D eigenvalue weighted by Crippen LogP contribution is -2.46.